The standard InChI is InChI=1S/C12H21BO2.C12H13Br.C6H4BrI/c1-11(2)12(3,4)15-13(14-11)10-8-6-5-7-9-10;13-12-8-6-11(7-9-12)10-4-2-1-3-5-10;7-5-1-3-6(8)4-2-5/h8H,5-7,9H2,1-4H3;4,6-9H,1-3,5H2;1-4H. The smallest absolute Gasteiger partial charge is 0.400 e. The van der Waals surface area contributed by atoms with Crippen LogP contribution >= 0.6 is 54.5 Å². The second-order valence-corrected chi connectivity index (χ2v) is 13.6. The Kier molecular flexibility index (Phi) is 11.8. The van der Waals surface area contributed by atoms with E-state index >= 15 is 0 Å². The molecule has 2 nitrogen and oxygen atoms in total. The predicted octanol–water partition coefficient (Wildman–Crippen LogP) is 10.6. The molecule has 2 aliphatic carbocycles. The lowest BCUT2D eigenvalue weighted by Gasteiger charge is -2.32. The van der Waals surface area contributed by atoms with Gasteiger partial charge in [0.05, 0.1) is 11.2 Å². The molecule has 1 aliphatic heterocycles. The van der Waals surface area contributed by atoms with Gasteiger partial charge in [0.15, 0.2) is 0 Å². The monoisotopic (exact) mass is 726 g/mol. The Balaban J connectivity index is 0.000000157. The van der Waals surface area contributed by atoms with Crippen LogP contribution in [0, 0.1) is 3.57 Å². The molecule has 2 aromatic carbocycles. The molecule has 0 N–H and O–H groups in total. The van der Waals surface area contributed by atoms with Gasteiger partial charge in [-0.1, -0.05) is 56.1 Å². The maximum atomic E-state index is 6.01. The zero-order chi connectivity index (χ0) is 26.2. The molecule has 5 rings (SSSR count). The third-order valence-electron chi connectivity index (χ3n) is 7.19. The summed E-state index contributed by atoms with van der Waals surface area (Å²) in [5, 5.41) is 0. The summed E-state index contributed by atoms with van der Waals surface area (Å²) in [6, 6.07) is 16.8. The van der Waals surface area contributed by atoms with Crippen LogP contribution in [-0.4, -0.2) is 18.3 Å². The van der Waals surface area contributed by atoms with Crippen molar-refractivity contribution in [1.82, 2.24) is 0 Å². The third kappa shape index (κ3) is 9.11. The highest BCUT2D eigenvalue weighted by molar-refractivity contribution is 14.1. The summed E-state index contributed by atoms with van der Waals surface area (Å²) in [6.45, 7) is 8.43. The van der Waals surface area contributed by atoms with Crippen LogP contribution in [0.3, 0.4) is 0 Å². The van der Waals surface area contributed by atoms with Crippen LogP contribution < -0.4 is 0 Å². The molecular formula is C30H38BBr2IO2. The van der Waals surface area contributed by atoms with E-state index in [9.17, 15) is 0 Å². The number of benzene rings is 2. The van der Waals surface area contributed by atoms with Crippen molar-refractivity contribution >= 4 is 67.1 Å². The lowest BCUT2D eigenvalue weighted by molar-refractivity contribution is 0.00578. The van der Waals surface area contributed by atoms with Crippen molar-refractivity contribution < 1.29 is 9.31 Å². The Hall–Kier alpha value is -0.405. The van der Waals surface area contributed by atoms with Crippen LogP contribution in [0.1, 0.15) is 84.6 Å². The van der Waals surface area contributed by atoms with Gasteiger partial charge in [0, 0.05) is 12.5 Å². The van der Waals surface area contributed by atoms with Gasteiger partial charge in [0.2, 0.25) is 0 Å². The molecule has 194 valence electrons. The molecule has 0 aromatic heterocycles. The molecule has 0 unspecified atom stereocenters. The van der Waals surface area contributed by atoms with Crippen LogP contribution in [0.4, 0.5) is 0 Å². The Bertz CT molecular complexity index is 993. The van der Waals surface area contributed by atoms with Crippen molar-refractivity contribution in [2.24, 2.45) is 0 Å². The third-order valence-corrected chi connectivity index (χ3v) is 8.97. The molecule has 6 heteroatoms. The van der Waals surface area contributed by atoms with E-state index in [-0.39, 0.29) is 18.3 Å². The van der Waals surface area contributed by atoms with Crippen LogP contribution in [0.15, 0.2) is 75.1 Å². The number of hydrogen-bond acceptors (Lipinski definition) is 2. The van der Waals surface area contributed by atoms with Gasteiger partial charge in [0.1, 0.15) is 0 Å². The molecule has 1 heterocycles. The zero-order valence-corrected chi connectivity index (χ0v) is 27.3. The number of allylic oxidation sites excluding steroid dienone is 4. The maximum Gasteiger partial charge on any atom is 0.490 e. The van der Waals surface area contributed by atoms with Crippen molar-refractivity contribution in [3.8, 4) is 0 Å². The van der Waals surface area contributed by atoms with Gasteiger partial charge in [-0.05, 0) is 155 Å². The minimum atomic E-state index is -0.198. The highest BCUT2D eigenvalue weighted by Gasteiger charge is 2.52. The molecular weight excluding hydrogens is 690 g/mol. The molecule has 0 saturated carbocycles. The first-order chi connectivity index (χ1) is 17.1. The average molecular weight is 728 g/mol. The SMILES string of the molecule is Brc1ccc(C2=CCCCC2)cc1.Brc1ccc(I)cc1.CC1(C)OB(C2=CCCCC2)OC1(C)C. The van der Waals surface area contributed by atoms with Gasteiger partial charge in [-0.3, -0.25) is 0 Å². The average Bonchev–Trinajstić information content (AvgIpc) is 3.10. The summed E-state index contributed by atoms with van der Waals surface area (Å²) in [4.78, 5) is 0. The summed E-state index contributed by atoms with van der Waals surface area (Å²) in [7, 11) is -0.102. The Morgan fingerprint density at radius 3 is 1.64 bits per heavy atom. The fraction of sp³-hybridized carbons (Fsp3) is 0.467. The maximum absolute atomic E-state index is 6.01. The Labute approximate surface area is 249 Å². The molecule has 3 aliphatic rings. The molecule has 0 bridgehead atoms. The van der Waals surface area contributed by atoms with Gasteiger partial charge in [-0.15, -0.1) is 0 Å². The largest absolute Gasteiger partial charge is 0.490 e. The Morgan fingerprint density at radius 1 is 0.694 bits per heavy atom. The fourth-order valence-electron chi connectivity index (χ4n) is 4.27. The van der Waals surface area contributed by atoms with E-state index < -0.39 is 0 Å². The number of rotatable bonds is 2. The first-order valence-electron chi connectivity index (χ1n) is 13.0. The van der Waals surface area contributed by atoms with E-state index in [0.29, 0.717) is 0 Å². The Morgan fingerprint density at radius 2 is 1.19 bits per heavy atom. The van der Waals surface area contributed by atoms with Crippen molar-refractivity contribution in [3.05, 3.63) is 84.2 Å². The molecule has 36 heavy (non-hydrogen) atoms. The molecule has 0 atom stereocenters. The van der Waals surface area contributed by atoms with E-state index in [1.807, 2.05) is 12.1 Å². The topological polar surface area (TPSA) is 18.5 Å². The second kappa shape index (κ2) is 14.1. The van der Waals surface area contributed by atoms with Crippen molar-refractivity contribution in [3.63, 3.8) is 0 Å². The molecule has 1 saturated heterocycles. The highest BCUT2D eigenvalue weighted by Crippen LogP contribution is 2.40. The fourth-order valence-corrected chi connectivity index (χ4v) is 5.15. The molecule has 1 fully saturated rings. The van der Waals surface area contributed by atoms with Crippen LogP contribution in [-0.2, 0) is 9.31 Å². The lowest BCUT2D eigenvalue weighted by Crippen LogP contribution is -2.41. The van der Waals surface area contributed by atoms with Crippen molar-refractivity contribution in [2.75, 3.05) is 0 Å². The summed E-state index contributed by atoms with van der Waals surface area (Å²) in [6.07, 6.45) is 14.8. The second-order valence-electron chi connectivity index (χ2n) is 10.5. The summed E-state index contributed by atoms with van der Waals surface area (Å²) in [5.74, 6) is 0. The van der Waals surface area contributed by atoms with Gasteiger partial charge < -0.3 is 9.31 Å². The van der Waals surface area contributed by atoms with E-state index in [1.165, 1.54) is 65.1 Å². The van der Waals surface area contributed by atoms with Gasteiger partial charge in [-0.25, -0.2) is 0 Å². The van der Waals surface area contributed by atoms with Gasteiger partial charge in [-0.2, -0.15) is 0 Å². The molecule has 0 spiro atoms. The van der Waals surface area contributed by atoms with E-state index in [0.717, 1.165) is 15.4 Å². The van der Waals surface area contributed by atoms with Crippen molar-refractivity contribution in [2.45, 2.75) is 90.3 Å². The number of hydrogen-bond donors (Lipinski definition) is 0. The summed E-state index contributed by atoms with van der Waals surface area (Å²) >= 11 is 9.07. The van der Waals surface area contributed by atoms with Gasteiger partial charge in [0.25, 0.3) is 0 Å². The molecule has 2 aromatic rings. The van der Waals surface area contributed by atoms with E-state index in [4.69, 9.17) is 9.31 Å². The first-order valence-corrected chi connectivity index (χ1v) is 15.6. The normalized spacial score (nSPS) is 20.2. The van der Waals surface area contributed by atoms with Crippen molar-refractivity contribution in [1.29, 1.82) is 0 Å². The lowest BCUT2D eigenvalue weighted by atomic mass is 9.73. The summed E-state index contributed by atoms with van der Waals surface area (Å²) in [5.41, 5.74) is 3.87. The van der Waals surface area contributed by atoms with Crippen LogP contribution in [0.2, 0.25) is 0 Å². The molecule has 0 amide bonds. The van der Waals surface area contributed by atoms with E-state index in [1.54, 1.807) is 0 Å². The van der Waals surface area contributed by atoms with Crippen LogP contribution in [0.5, 0.6) is 0 Å². The molecule has 0 radical (unpaired) electrons. The summed E-state index contributed by atoms with van der Waals surface area (Å²) < 4.78 is 15.6. The first kappa shape index (κ1) is 30.1. The van der Waals surface area contributed by atoms with E-state index in [2.05, 4.69) is 131 Å². The predicted molar refractivity (Wildman–Crippen MR) is 170 cm³/mol. The minimum absolute atomic E-state index is 0.102. The highest BCUT2D eigenvalue weighted by atomic mass is 127. The quantitative estimate of drug-likeness (QED) is 0.227. The van der Waals surface area contributed by atoms with Gasteiger partial charge >= 0.3 is 7.12 Å². The number of halogens is 3. The zero-order valence-electron chi connectivity index (χ0n) is 22.0. The van der Waals surface area contributed by atoms with Crippen LogP contribution in [0.25, 0.3) is 5.57 Å². The minimum Gasteiger partial charge on any atom is -0.400 e.